The fourth-order valence-corrected chi connectivity index (χ4v) is 6.35. The number of fused-ring (bicyclic) bond motifs is 2. The van der Waals surface area contributed by atoms with Crippen molar-refractivity contribution in [3.05, 3.63) is 192 Å². The molecule has 0 bridgehead atoms. The summed E-state index contributed by atoms with van der Waals surface area (Å²) >= 11 is 0. The minimum Gasteiger partial charge on any atom is -0.252 e. The van der Waals surface area contributed by atoms with Gasteiger partial charge in [-0.05, 0) is 46.5 Å². The third kappa shape index (κ3) is 4.73. The van der Waals surface area contributed by atoms with Gasteiger partial charge in [0.25, 0.3) is 0 Å². The van der Waals surface area contributed by atoms with Crippen molar-refractivity contribution in [2.75, 3.05) is 0 Å². The highest BCUT2D eigenvalue weighted by Crippen LogP contribution is 2.45. The molecule has 0 unspecified atom stereocenters. The molecule has 0 saturated heterocycles. The highest BCUT2D eigenvalue weighted by atomic mass is 14.8. The first-order valence-corrected chi connectivity index (χ1v) is 15.1. The van der Waals surface area contributed by atoms with Crippen LogP contribution in [0.5, 0.6) is 0 Å². The number of hydrogen-bond acceptors (Lipinski definition) is 4. The number of aromatic nitrogens is 4. The lowest BCUT2D eigenvalue weighted by Crippen LogP contribution is -2.31. The maximum absolute atomic E-state index is 4.90. The van der Waals surface area contributed by atoms with Gasteiger partial charge in [-0.3, -0.25) is 9.97 Å². The molecule has 2 heterocycles. The summed E-state index contributed by atoms with van der Waals surface area (Å²) < 4.78 is 0. The molecule has 0 spiro atoms. The Labute approximate surface area is 261 Å². The lowest BCUT2D eigenvalue weighted by Gasteiger charge is -2.37. The third-order valence-electron chi connectivity index (χ3n) is 8.54. The van der Waals surface area contributed by atoms with Crippen molar-refractivity contribution < 1.29 is 0 Å². The van der Waals surface area contributed by atoms with Gasteiger partial charge in [-0.2, -0.15) is 0 Å². The molecule has 0 fully saturated rings. The van der Waals surface area contributed by atoms with Gasteiger partial charge in [0.1, 0.15) is 0 Å². The molecule has 8 rings (SSSR count). The molecule has 0 aliphatic carbocycles. The van der Waals surface area contributed by atoms with Crippen molar-refractivity contribution >= 4 is 22.1 Å². The summed E-state index contributed by atoms with van der Waals surface area (Å²) in [5.41, 5.74) is 11.4. The Hall–Kier alpha value is -6.00. The van der Waals surface area contributed by atoms with Gasteiger partial charge in [0.2, 0.25) is 0 Å². The van der Waals surface area contributed by atoms with E-state index in [1.54, 1.807) is 0 Å². The number of hydrogen-bond donors (Lipinski definition) is 0. The van der Waals surface area contributed by atoms with Crippen molar-refractivity contribution in [3.8, 4) is 22.5 Å². The monoisotopic (exact) mass is 576 g/mol. The van der Waals surface area contributed by atoms with Crippen molar-refractivity contribution in [2.45, 2.75) is 5.41 Å². The molecule has 45 heavy (non-hydrogen) atoms. The van der Waals surface area contributed by atoms with E-state index in [1.807, 2.05) is 60.9 Å². The molecule has 0 atom stereocenters. The SMILES string of the molecule is c1ccc(C(c2ccccc2)(c2ccc(-c3cnc4ccccc4n3)cc2)c2ccc(-c3cnc4ccccc4n3)cc2)cc1. The summed E-state index contributed by atoms with van der Waals surface area (Å²) in [6.07, 6.45) is 3.71. The summed E-state index contributed by atoms with van der Waals surface area (Å²) in [6, 6.07) is 55.0. The zero-order valence-corrected chi connectivity index (χ0v) is 24.5. The topological polar surface area (TPSA) is 51.6 Å². The van der Waals surface area contributed by atoms with E-state index in [2.05, 4.69) is 119 Å². The van der Waals surface area contributed by atoms with Crippen LogP contribution in [0.2, 0.25) is 0 Å². The molecule has 8 aromatic rings. The second-order valence-corrected chi connectivity index (χ2v) is 11.1. The van der Waals surface area contributed by atoms with Crippen LogP contribution >= 0.6 is 0 Å². The molecule has 212 valence electrons. The lowest BCUT2D eigenvalue weighted by atomic mass is 9.65. The molecule has 0 aliphatic rings. The molecule has 0 amide bonds. The Kier molecular flexibility index (Phi) is 6.65. The van der Waals surface area contributed by atoms with Crippen LogP contribution < -0.4 is 0 Å². The van der Waals surface area contributed by atoms with E-state index in [9.17, 15) is 0 Å². The maximum Gasteiger partial charge on any atom is 0.0894 e. The predicted molar refractivity (Wildman–Crippen MR) is 182 cm³/mol. The quantitative estimate of drug-likeness (QED) is 0.185. The Balaban J connectivity index is 1.28. The summed E-state index contributed by atoms with van der Waals surface area (Å²) in [7, 11) is 0. The van der Waals surface area contributed by atoms with Gasteiger partial charge >= 0.3 is 0 Å². The van der Waals surface area contributed by atoms with Gasteiger partial charge in [0, 0.05) is 11.1 Å². The van der Waals surface area contributed by atoms with Crippen LogP contribution in [-0.2, 0) is 5.41 Å². The third-order valence-corrected chi connectivity index (χ3v) is 8.54. The maximum atomic E-state index is 4.90. The van der Waals surface area contributed by atoms with Gasteiger partial charge in [-0.25, -0.2) is 9.97 Å². The van der Waals surface area contributed by atoms with E-state index < -0.39 is 5.41 Å². The number of para-hydroxylation sites is 4. The summed E-state index contributed by atoms with van der Waals surface area (Å²) in [5.74, 6) is 0. The molecule has 2 aromatic heterocycles. The van der Waals surface area contributed by atoms with Gasteiger partial charge < -0.3 is 0 Å². The fraction of sp³-hybridized carbons (Fsp3) is 0.0244. The van der Waals surface area contributed by atoms with E-state index >= 15 is 0 Å². The highest BCUT2D eigenvalue weighted by molar-refractivity contribution is 5.78. The van der Waals surface area contributed by atoms with Crippen molar-refractivity contribution in [1.29, 1.82) is 0 Å². The van der Waals surface area contributed by atoms with Crippen LogP contribution in [0.15, 0.2) is 170 Å². The standard InChI is InChI=1S/C41H28N4/c1-3-11-31(12-4-1)41(32-13-5-2-6-14-32,33-23-19-29(20-24-33)39-27-42-35-15-7-9-17-37(35)44-39)34-25-21-30(22-26-34)40-28-43-36-16-8-10-18-38(36)45-40/h1-28H. The zero-order valence-electron chi connectivity index (χ0n) is 24.5. The molecular weight excluding hydrogens is 548 g/mol. The summed E-state index contributed by atoms with van der Waals surface area (Å²) in [5, 5.41) is 0. The summed E-state index contributed by atoms with van der Waals surface area (Å²) in [4.78, 5) is 19.1. The number of nitrogens with zero attached hydrogens (tertiary/aromatic N) is 4. The number of rotatable bonds is 6. The molecule has 4 nitrogen and oxygen atoms in total. The van der Waals surface area contributed by atoms with Crippen LogP contribution in [-0.4, -0.2) is 19.9 Å². The van der Waals surface area contributed by atoms with Crippen LogP contribution in [0.1, 0.15) is 22.3 Å². The average Bonchev–Trinajstić information content (AvgIpc) is 3.13. The van der Waals surface area contributed by atoms with E-state index in [0.717, 1.165) is 55.7 Å². The van der Waals surface area contributed by atoms with Gasteiger partial charge in [-0.1, -0.05) is 133 Å². The molecule has 0 saturated carbocycles. The van der Waals surface area contributed by atoms with Crippen molar-refractivity contribution in [1.82, 2.24) is 19.9 Å². The van der Waals surface area contributed by atoms with E-state index in [0.29, 0.717) is 0 Å². The first kappa shape index (κ1) is 26.6. The number of benzene rings is 6. The lowest BCUT2D eigenvalue weighted by molar-refractivity contribution is 0.745. The minimum absolute atomic E-state index is 0.566. The Morgan fingerprint density at radius 2 is 0.644 bits per heavy atom. The fourth-order valence-electron chi connectivity index (χ4n) is 6.35. The van der Waals surface area contributed by atoms with Gasteiger partial charge in [-0.15, -0.1) is 0 Å². The highest BCUT2D eigenvalue weighted by Gasteiger charge is 2.38. The average molecular weight is 577 g/mol. The van der Waals surface area contributed by atoms with Crippen molar-refractivity contribution in [2.24, 2.45) is 0 Å². The molecule has 0 radical (unpaired) electrons. The Morgan fingerprint density at radius 1 is 0.311 bits per heavy atom. The largest absolute Gasteiger partial charge is 0.252 e. The van der Waals surface area contributed by atoms with Gasteiger partial charge in [0.05, 0.1) is 51.3 Å². The van der Waals surface area contributed by atoms with Crippen LogP contribution in [0, 0.1) is 0 Å². The Bertz CT molecular complexity index is 2080. The second kappa shape index (κ2) is 11.3. The van der Waals surface area contributed by atoms with Crippen molar-refractivity contribution in [3.63, 3.8) is 0 Å². The predicted octanol–water partition coefficient (Wildman–Crippen LogP) is 9.29. The smallest absolute Gasteiger partial charge is 0.0894 e. The van der Waals surface area contributed by atoms with E-state index in [4.69, 9.17) is 9.97 Å². The van der Waals surface area contributed by atoms with Crippen LogP contribution in [0.25, 0.3) is 44.6 Å². The summed E-state index contributed by atoms with van der Waals surface area (Å²) in [6.45, 7) is 0. The first-order chi connectivity index (χ1) is 22.3. The molecule has 0 aliphatic heterocycles. The Morgan fingerprint density at radius 3 is 1.04 bits per heavy atom. The normalized spacial score (nSPS) is 11.6. The first-order valence-electron chi connectivity index (χ1n) is 15.1. The minimum atomic E-state index is -0.566. The molecular formula is C41H28N4. The van der Waals surface area contributed by atoms with E-state index in [1.165, 1.54) is 11.1 Å². The molecule has 6 aromatic carbocycles. The van der Waals surface area contributed by atoms with Crippen LogP contribution in [0.4, 0.5) is 0 Å². The second-order valence-electron chi connectivity index (χ2n) is 11.1. The zero-order chi connectivity index (χ0) is 30.1. The van der Waals surface area contributed by atoms with Crippen LogP contribution in [0.3, 0.4) is 0 Å². The van der Waals surface area contributed by atoms with Gasteiger partial charge in [0.15, 0.2) is 0 Å². The molecule has 4 heteroatoms. The van der Waals surface area contributed by atoms with E-state index in [-0.39, 0.29) is 0 Å². The molecule has 0 N–H and O–H groups in total.